The zero-order valence-corrected chi connectivity index (χ0v) is 10.2. The molecule has 0 aliphatic rings. The van der Waals surface area contributed by atoms with Crippen molar-refractivity contribution in [1.29, 1.82) is 10.5 Å². The Hall–Kier alpha value is -2.98. The fourth-order valence-electron chi connectivity index (χ4n) is 1.80. The maximum Gasteiger partial charge on any atom is 0.133 e. The van der Waals surface area contributed by atoms with Crippen LogP contribution in [0.2, 0.25) is 0 Å². The number of benzene rings is 2. The van der Waals surface area contributed by atoms with E-state index in [4.69, 9.17) is 15.3 Å². The second kappa shape index (κ2) is 5.12. The van der Waals surface area contributed by atoms with Gasteiger partial charge in [0.2, 0.25) is 0 Å². The van der Waals surface area contributed by atoms with Gasteiger partial charge >= 0.3 is 0 Å². The van der Waals surface area contributed by atoms with Gasteiger partial charge in [-0.1, -0.05) is 6.07 Å². The first kappa shape index (κ1) is 12.5. The van der Waals surface area contributed by atoms with Gasteiger partial charge in [-0.2, -0.15) is 10.5 Å². The Bertz CT molecular complexity index is 709. The molecule has 4 nitrogen and oxygen atoms in total. The van der Waals surface area contributed by atoms with Gasteiger partial charge < -0.3 is 9.84 Å². The van der Waals surface area contributed by atoms with Crippen molar-refractivity contribution in [2.45, 2.75) is 0 Å². The second-order valence-corrected chi connectivity index (χ2v) is 3.87. The molecule has 0 aromatic heterocycles. The van der Waals surface area contributed by atoms with Crippen molar-refractivity contribution in [2.75, 3.05) is 7.11 Å². The van der Waals surface area contributed by atoms with E-state index in [1.165, 1.54) is 13.2 Å². The summed E-state index contributed by atoms with van der Waals surface area (Å²) in [6, 6.07) is 13.7. The molecule has 0 bridgehead atoms. The monoisotopic (exact) mass is 250 g/mol. The average Bonchev–Trinajstić information content (AvgIpc) is 2.47. The van der Waals surface area contributed by atoms with E-state index >= 15 is 0 Å². The number of phenolic OH excluding ortho intramolecular Hbond substituents is 1. The lowest BCUT2D eigenvalue weighted by Gasteiger charge is -2.09. The van der Waals surface area contributed by atoms with E-state index in [1.54, 1.807) is 30.3 Å². The van der Waals surface area contributed by atoms with E-state index < -0.39 is 0 Å². The lowest BCUT2D eigenvalue weighted by molar-refractivity contribution is 0.416. The second-order valence-electron chi connectivity index (χ2n) is 3.87. The summed E-state index contributed by atoms with van der Waals surface area (Å²) in [5.41, 5.74) is 2.10. The van der Waals surface area contributed by atoms with Crippen LogP contribution < -0.4 is 4.74 Å². The molecule has 19 heavy (non-hydrogen) atoms. The highest BCUT2D eigenvalue weighted by Gasteiger charge is 2.09. The van der Waals surface area contributed by atoms with Gasteiger partial charge in [0.05, 0.1) is 24.3 Å². The molecule has 92 valence electrons. The molecule has 2 rings (SSSR count). The summed E-state index contributed by atoms with van der Waals surface area (Å²) in [6.07, 6.45) is 0. The number of aromatic hydroxyl groups is 1. The summed E-state index contributed by atoms with van der Waals surface area (Å²) in [7, 11) is 1.54. The normalized spacial score (nSPS) is 9.42. The minimum Gasteiger partial charge on any atom is -0.507 e. The van der Waals surface area contributed by atoms with Crippen molar-refractivity contribution < 1.29 is 9.84 Å². The van der Waals surface area contributed by atoms with Crippen LogP contribution in [0, 0.1) is 22.7 Å². The van der Waals surface area contributed by atoms with E-state index in [2.05, 4.69) is 6.07 Å². The van der Waals surface area contributed by atoms with Crippen molar-refractivity contribution in [3.05, 3.63) is 47.5 Å². The predicted octanol–water partition coefficient (Wildman–Crippen LogP) is 2.81. The van der Waals surface area contributed by atoms with Crippen molar-refractivity contribution in [3.63, 3.8) is 0 Å². The Morgan fingerprint density at radius 1 is 1.05 bits per heavy atom. The van der Waals surface area contributed by atoms with Crippen LogP contribution in [0.4, 0.5) is 0 Å². The highest BCUT2D eigenvalue weighted by molar-refractivity contribution is 5.74. The molecule has 0 fully saturated rings. The third kappa shape index (κ3) is 2.34. The van der Waals surface area contributed by atoms with Gasteiger partial charge in [-0.25, -0.2) is 0 Å². The van der Waals surface area contributed by atoms with E-state index in [-0.39, 0.29) is 11.3 Å². The summed E-state index contributed by atoms with van der Waals surface area (Å²) in [5, 5.41) is 27.4. The fraction of sp³-hybridized carbons (Fsp3) is 0.0667. The Kier molecular flexibility index (Phi) is 3.36. The quantitative estimate of drug-likeness (QED) is 0.889. The largest absolute Gasteiger partial charge is 0.507 e. The summed E-state index contributed by atoms with van der Waals surface area (Å²) < 4.78 is 5.25. The number of hydrogen-bond donors (Lipinski definition) is 1. The number of nitriles is 2. The molecule has 0 atom stereocenters. The Morgan fingerprint density at radius 3 is 2.47 bits per heavy atom. The minimum absolute atomic E-state index is 0.0679. The van der Waals surface area contributed by atoms with Crippen LogP contribution in [0.5, 0.6) is 11.5 Å². The molecular weight excluding hydrogens is 240 g/mol. The topological polar surface area (TPSA) is 77.0 Å². The van der Waals surface area contributed by atoms with Crippen molar-refractivity contribution >= 4 is 0 Å². The highest BCUT2D eigenvalue weighted by Crippen LogP contribution is 2.33. The van der Waals surface area contributed by atoms with Gasteiger partial charge in [-0.3, -0.25) is 0 Å². The third-order valence-corrected chi connectivity index (χ3v) is 2.76. The molecule has 2 aromatic rings. The average molecular weight is 250 g/mol. The third-order valence-electron chi connectivity index (χ3n) is 2.76. The molecule has 0 saturated carbocycles. The van der Waals surface area contributed by atoms with Crippen LogP contribution in [0.25, 0.3) is 11.1 Å². The summed E-state index contributed by atoms with van der Waals surface area (Å²) in [6.45, 7) is 0. The van der Waals surface area contributed by atoms with Crippen LogP contribution in [0.15, 0.2) is 36.4 Å². The van der Waals surface area contributed by atoms with Gasteiger partial charge in [0.25, 0.3) is 0 Å². The van der Waals surface area contributed by atoms with E-state index in [9.17, 15) is 5.11 Å². The summed E-state index contributed by atoms with van der Waals surface area (Å²) >= 11 is 0. The first-order valence-corrected chi connectivity index (χ1v) is 5.51. The first-order chi connectivity index (χ1) is 9.19. The Balaban J connectivity index is 2.64. The van der Waals surface area contributed by atoms with Gasteiger partial charge in [0, 0.05) is 5.56 Å². The molecule has 2 aromatic carbocycles. The van der Waals surface area contributed by atoms with Crippen LogP contribution in [-0.2, 0) is 0 Å². The number of ether oxygens (including phenoxy) is 1. The first-order valence-electron chi connectivity index (χ1n) is 5.51. The molecule has 0 unspecified atom stereocenters. The highest BCUT2D eigenvalue weighted by atomic mass is 16.5. The standard InChI is InChI=1S/C15H10N2O2/c1-19-15-5-2-10(8-16)6-13(15)11-3-4-14(18)12(7-11)9-17/h2-7,18H,1H3. The van der Waals surface area contributed by atoms with Gasteiger partial charge in [-0.15, -0.1) is 0 Å². The molecule has 4 heteroatoms. The van der Waals surface area contributed by atoms with E-state index in [0.29, 0.717) is 22.4 Å². The smallest absolute Gasteiger partial charge is 0.133 e. The maximum atomic E-state index is 9.50. The van der Waals surface area contributed by atoms with Crippen molar-refractivity contribution in [2.24, 2.45) is 0 Å². The van der Waals surface area contributed by atoms with Gasteiger partial charge in [-0.05, 0) is 35.9 Å². The fourth-order valence-corrected chi connectivity index (χ4v) is 1.80. The molecular formula is C15H10N2O2. The number of methoxy groups -OCH3 is 1. The van der Waals surface area contributed by atoms with E-state index in [0.717, 1.165) is 0 Å². The zero-order chi connectivity index (χ0) is 13.8. The zero-order valence-electron chi connectivity index (χ0n) is 10.2. The number of nitrogens with zero attached hydrogens (tertiary/aromatic N) is 2. The summed E-state index contributed by atoms with van der Waals surface area (Å²) in [5.74, 6) is 0.537. The molecule has 0 aliphatic heterocycles. The van der Waals surface area contributed by atoms with Crippen LogP contribution in [0.1, 0.15) is 11.1 Å². The molecule has 0 heterocycles. The SMILES string of the molecule is COc1ccc(C#N)cc1-c1ccc(O)c(C#N)c1. The molecule has 0 saturated heterocycles. The molecule has 0 aliphatic carbocycles. The Labute approximate surface area is 110 Å². The number of rotatable bonds is 2. The lowest BCUT2D eigenvalue weighted by atomic mass is 10.00. The maximum absolute atomic E-state index is 9.50. The molecule has 0 radical (unpaired) electrons. The minimum atomic E-state index is -0.0679. The number of hydrogen-bond acceptors (Lipinski definition) is 4. The number of phenols is 1. The van der Waals surface area contributed by atoms with Gasteiger partial charge in [0.1, 0.15) is 17.6 Å². The molecule has 0 spiro atoms. The predicted molar refractivity (Wildman–Crippen MR) is 69.5 cm³/mol. The Morgan fingerprint density at radius 2 is 1.84 bits per heavy atom. The molecule has 1 N–H and O–H groups in total. The molecule has 0 amide bonds. The van der Waals surface area contributed by atoms with Gasteiger partial charge in [0.15, 0.2) is 0 Å². The van der Waals surface area contributed by atoms with Crippen LogP contribution >= 0.6 is 0 Å². The van der Waals surface area contributed by atoms with E-state index in [1.807, 2.05) is 6.07 Å². The van der Waals surface area contributed by atoms with Crippen LogP contribution in [-0.4, -0.2) is 12.2 Å². The summed E-state index contributed by atoms with van der Waals surface area (Å²) in [4.78, 5) is 0. The van der Waals surface area contributed by atoms with Crippen molar-refractivity contribution in [3.8, 4) is 34.8 Å². The van der Waals surface area contributed by atoms with Crippen LogP contribution in [0.3, 0.4) is 0 Å². The lowest BCUT2D eigenvalue weighted by Crippen LogP contribution is -1.90. The van der Waals surface area contributed by atoms with Crippen molar-refractivity contribution in [1.82, 2.24) is 0 Å².